The maximum atomic E-state index is 12.5. The molecule has 0 saturated carbocycles. The smallest absolute Gasteiger partial charge is 0.207 e. The second kappa shape index (κ2) is 6.16. The summed E-state index contributed by atoms with van der Waals surface area (Å²) in [6.45, 7) is 9.92. The van der Waals surface area contributed by atoms with Gasteiger partial charge < -0.3 is 0 Å². The van der Waals surface area contributed by atoms with Crippen LogP contribution in [0.1, 0.15) is 32.3 Å². The Hall–Kier alpha value is -1.39. The first-order valence-corrected chi connectivity index (χ1v) is 8.69. The summed E-state index contributed by atoms with van der Waals surface area (Å²) in [4.78, 5) is 0.318. The first-order valence-electron chi connectivity index (χ1n) is 7.20. The van der Waals surface area contributed by atoms with Gasteiger partial charge in [-0.05, 0) is 51.7 Å². The van der Waals surface area contributed by atoms with Crippen LogP contribution in [0.5, 0.6) is 0 Å². The molecule has 1 aromatic carbocycles. The molecular formula is C17H23NO2S. The molecule has 0 saturated heterocycles. The molecule has 0 aliphatic heterocycles. The van der Waals surface area contributed by atoms with Crippen LogP contribution in [0, 0.1) is 12.8 Å². The monoisotopic (exact) mass is 305 g/mol. The summed E-state index contributed by atoms with van der Waals surface area (Å²) in [5.41, 5.74) is 3.24. The molecule has 1 aliphatic carbocycles. The molecular weight excluding hydrogens is 282 g/mol. The second-order valence-corrected chi connectivity index (χ2v) is 7.66. The third kappa shape index (κ3) is 3.83. The van der Waals surface area contributed by atoms with Crippen LogP contribution in [0.3, 0.4) is 0 Å². The van der Waals surface area contributed by atoms with Gasteiger partial charge >= 0.3 is 0 Å². The van der Waals surface area contributed by atoms with Crippen LogP contribution >= 0.6 is 0 Å². The van der Waals surface area contributed by atoms with Gasteiger partial charge in [-0.1, -0.05) is 41.5 Å². The third-order valence-electron chi connectivity index (χ3n) is 4.12. The molecule has 1 aromatic rings. The first-order chi connectivity index (χ1) is 9.79. The highest BCUT2D eigenvalue weighted by molar-refractivity contribution is 7.89. The molecule has 0 bridgehead atoms. The molecule has 2 rings (SSSR count). The van der Waals surface area contributed by atoms with Gasteiger partial charge in [-0.15, -0.1) is 0 Å². The number of aryl methyl sites for hydroxylation is 1. The van der Waals surface area contributed by atoms with E-state index in [2.05, 4.69) is 17.4 Å². The summed E-state index contributed by atoms with van der Waals surface area (Å²) in [6, 6.07) is 6.78. The zero-order chi connectivity index (χ0) is 15.6. The number of sulfonamides is 1. The van der Waals surface area contributed by atoms with E-state index in [-0.39, 0.29) is 6.04 Å². The summed E-state index contributed by atoms with van der Waals surface area (Å²) in [5.74, 6) is 0.347. The average Bonchev–Trinajstić information content (AvgIpc) is 2.41. The third-order valence-corrected chi connectivity index (χ3v) is 5.61. The predicted molar refractivity (Wildman–Crippen MR) is 86.6 cm³/mol. The van der Waals surface area contributed by atoms with Crippen LogP contribution < -0.4 is 4.72 Å². The molecule has 114 valence electrons. The van der Waals surface area contributed by atoms with Crippen molar-refractivity contribution in [2.75, 3.05) is 0 Å². The Morgan fingerprint density at radius 1 is 1.24 bits per heavy atom. The fourth-order valence-electron chi connectivity index (χ4n) is 2.55. The van der Waals surface area contributed by atoms with Crippen LogP contribution in [0.25, 0.3) is 0 Å². The van der Waals surface area contributed by atoms with Crippen molar-refractivity contribution >= 4 is 10.0 Å². The van der Waals surface area contributed by atoms with Gasteiger partial charge in [-0.25, -0.2) is 13.1 Å². The lowest BCUT2D eigenvalue weighted by molar-refractivity contribution is 0.464. The minimum atomic E-state index is -3.48. The number of nitrogens with one attached hydrogen (secondary N) is 1. The van der Waals surface area contributed by atoms with Crippen LogP contribution in [0.15, 0.2) is 53.0 Å². The number of rotatable bonds is 4. The fourth-order valence-corrected chi connectivity index (χ4v) is 3.84. The van der Waals surface area contributed by atoms with Crippen molar-refractivity contribution in [3.63, 3.8) is 0 Å². The molecule has 1 N–H and O–H groups in total. The average molecular weight is 305 g/mol. The van der Waals surface area contributed by atoms with Gasteiger partial charge in [0, 0.05) is 6.04 Å². The topological polar surface area (TPSA) is 46.2 Å². The first kappa shape index (κ1) is 16.0. The molecule has 1 aliphatic rings. The van der Waals surface area contributed by atoms with Crippen LogP contribution in [0.4, 0.5) is 0 Å². The van der Waals surface area contributed by atoms with Gasteiger partial charge in [0.15, 0.2) is 0 Å². The molecule has 2 atom stereocenters. The molecule has 0 radical (unpaired) electrons. The van der Waals surface area contributed by atoms with E-state index in [0.29, 0.717) is 10.8 Å². The number of allylic oxidation sites excluding steroid dienone is 2. The van der Waals surface area contributed by atoms with E-state index in [0.717, 1.165) is 29.6 Å². The van der Waals surface area contributed by atoms with Gasteiger partial charge in [-0.3, -0.25) is 0 Å². The largest absolute Gasteiger partial charge is 0.241 e. The van der Waals surface area contributed by atoms with Crippen molar-refractivity contribution in [2.24, 2.45) is 5.92 Å². The Labute approximate surface area is 127 Å². The van der Waals surface area contributed by atoms with Crippen molar-refractivity contribution in [1.29, 1.82) is 0 Å². The van der Waals surface area contributed by atoms with Gasteiger partial charge in [0.25, 0.3) is 0 Å². The predicted octanol–water partition coefficient (Wildman–Crippen LogP) is 3.57. The summed E-state index contributed by atoms with van der Waals surface area (Å²) in [5, 5.41) is 0. The molecule has 4 heteroatoms. The van der Waals surface area contributed by atoms with E-state index in [1.54, 1.807) is 12.1 Å². The minimum Gasteiger partial charge on any atom is -0.207 e. The number of benzene rings is 1. The molecule has 0 aromatic heterocycles. The minimum absolute atomic E-state index is 0.147. The maximum absolute atomic E-state index is 12.5. The highest BCUT2D eigenvalue weighted by Gasteiger charge is 2.27. The quantitative estimate of drug-likeness (QED) is 0.864. The van der Waals surface area contributed by atoms with Crippen molar-refractivity contribution in [3.05, 3.63) is 53.6 Å². The Morgan fingerprint density at radius 3 is 2.43 bits per heavy atom. The van der Waals surface area contributed by atoms with E-state index < -0.39 is 10.0 Å². The van der Waals surface area contributed by atoms with Crippen molar-refractivity contribution in [3.8, 4) is 0 Å². The molecule has 0 unspecified atom stereocenters. The van der Waals surface area contributed by atoms with Crippen molar-refractivity contribution in [1.82, 2.24) is 4.72 Å². The Bertz CT molecular complexity index is 657. The lowest BCUT2D eigenvalue weighted by Crippen LogP contribution is -2.38. The van der Waals surface area contributed by atoms with E-state index in [1.165, 1.54) is 0 Å². The van der Waals surface area contributed by atoms with Crippen molar-refractivity contribution in [2.45, 2.75) is 44.6 Å². The summed E-state index contributed by atoms with van der Waals surface area (Å²) >= 11 is 0. The summed E-state index contributed by atoms with van der Waals surface area (Å²) in [7, 11) is -3.48. The molecule has 0 heterocycles. The fraction of sp³-hybridized carbons (Fsp3) is 0.412. The Kier molecular flexibility index (Phi) is 4.69. The Morgan fingerprint density at radius 2 is 1.86 bits per heavy atom. The maximum Gasteiger partial charge on any atom is 0.241 e. The van der Waals surface area contributed by atoms with Crippen LogP contribution in [0.2, 0.25) is 0 Å². The molecule has 0 amide bonds. The standard InChI is InChI=1S/C17H23NO2S/c1-12(2)15-8-7-14(4)17(11-15)18-21(19,20)16-9-5-13(3)6-10-16/h5-7,9-10,15,17-18H,1,8,11H2,2-4H3/t15-,17-/m0/s1. The van der Waals surface area contributed by atoms with Gasteiger partial charge in [0.05, 0.1) is 4.90 Å². The van der Waals surface area contributed by atoms with E-state index in [9.17, 15) is 8.42 Å². The second-order valence-electron chi connectivity index (χ2n) is 5.95. The zero-order valence-corrected chi connectivity index (χ0v) is 13.7. The SMILES string of the molecule is C=C(C)[C@H]1CC=C(C)[C@@H](NS(=O)(=O)c2ccc(C)cc2)C1. The highest BCUT2D eigenvalue weighted by Crippen LogP contribution is 2.29. The summed E-state index contributed by atoms with van der Waals surface area (Å²) < 4.78 is 27.8. The normalized spacial score (nSPS) is 22.7. The summed E-state index contributed by atoms with van der Waals surface area (Å²) in [6.07, 6.45) is 3.85. The van der Waals surface area contributed by atoms with Gasteiger partial charge in [-0.2, -0.15) is 0 Å². The van der Waals surface area contributed by atoms with Crippen molar-refractivity contribution < 1.29 is 8.42 Å². The molecule has 21 heavy (non-hydrogen) atoms. The molecule has 0 fully saturated rings. The lowest BCUT2D eigenvalue weighted by atomic mass is 9.83. The lowest BCUT2D eigenvalue weighted by Gasteiger charge is -2.29. The van der Waals surface area contributed by atoms with E-state index in [4.69, 9.17) is 0 Å². The number of hydrogen-bond acceptors (Lipinski definition) is 2. The molecule has 0 spiro atoms. The van der Waals surface area contributed by atoms with Gasteiger partial charge in [0.2, 0.25) is 10.0 Å². The molecule has 3 nitrogen and oxygen atoms in total. The van der Waals surface area contributed by atoms with Crippen LogP contribution in [-0.2, 0) is 10.0 Å². The number of hydrogen-bond donors (Lipinski definition) is 1. The highest BCUT2D eigenvalue weighted by atomic mass is 32.2. The van der Waals surface area contributed by atoms with Crippen LogP contribution in [-0.4, -0.2) is 14.5 Å². The van der Waals surface area contributed by atoms with E-state index in [1.807, 2.05) is 32.9 Å². The zero-order valence-electron chi connectivity index (χ0n) is 12.9. The van der Waals surface area contributed by atoms with E-state index >= 15 is 0 Å². The Balaban J connectivity index is 2.19. The van der Waals surface area contributed by atoms with Gasteiger partial charge in [0.1, 0.15) is 0 Å².